The molecule has 0 aliphatic carbocycles. The Morgan fingerprint density at radius 2 is 1.71 bits per heavy atom. The number of nitrogens with two attached hydrogens (primary N) is 2. The maximum Gasteiger partial charge on any atom is 0.340 e. The molecule has 0 saturated heterocycles. The van der Waals surface area contributed by atoms with E-state index in [2.05, 4.69) is 10.2 Å². The van der Waals surface area contributed by atoms with Gasteiger partial charge in [0, 0.05) is 18.9 Å². The van der Waals surface area contributed by atoms with Crippen LogP contribution in [0.1, 0.15) is 52.0 Å². The molecule has 0 saturated carbocycles. The molecule has 3 rings (SSSR count). The van der Waals surface area contributed by atoms with Crippen LogP contribution < -0.4 is 11.7 Å². The van der Waals surface area contributed by atoms with E-state index in [9.17, 15) is 4.79 Å². The molecule has 0 aliphatic heterocycles. The van der Waals surface area contributed by atoms with E-state index in [4.69, 9.17) is 16.4 Å². The number of nitrogens with zero attached hydrogens (tertiary/aromatic N) is 3. The van der Waals surface area contributed by atoms with Gasteiger partial charge in [-0.1, -0.05) is 42.5 Å². The SMILES string of the molecule is CC(C)OC(=O)c1cn(Cc2ccc(C=NN)cc2)cc1Cc1cccc(C=NN)c1. The number of ether oxygens (including phenoxy) is 1. The van der Waals surface area contributed by atoms with Crippen LogP contribution in [0.3, 0.4) is 0 Å². The average molecular weight is 418 g/mol. The predicted molar refractivity (Wildman–Crippen MR) is 123 cm³/mol. The molecule has 0 fully saturated rings. The molecule has 4 N–H and O–H groups in total. The summed E-state index contributed by atoms with van der Waals surface area (Å²) in [6.07, 6.45) is 7.44. The van der Waals surface area contributed by atoms with Crippen LogP contribution in [0.25, 0.3) is 0 Å². The van der Waals surface area contributed by atoms with E-state index in [1.165, 1.54) is 0 Å². The summed E-state index contributed by atoms with van der Waals surface area (Å²) in [4.78, 5) is 12.7. The third-order valence-corrected chi connectivity index (χ3v) is 4.66. The van der Waals surface area contributed by atoms with Crippen LogP contribution in [0.15, 0.2) is 71.1 Å². The van der Waals surface area contributed by atoms with Crippen LogP contribution in [0.2, 0.25) is 0 Å². The van der Waals surface area contributed by atoms with Gasteiger partial charge >= 0.3 is 5.97 Å². The van der Waals surface area contributed by atoms with Crippen molar-refractivity contribution in [2.24, 2.45) is 21.9 Å². The van der Waals surface area contributed by atoms with Gasteiger partial charge in [-0.25, -0.2) is 4.79 Å². The van der Waals surface area contributed by atoms with Gasteiger partial charge in [0.15, 0.2) is 0 Å². The van der Waals surface area contributed by atoms with Crippen LogP contribution >= 0.6 is 0 Å². The van der Waals surface area contributed by atoms with E-state index < -0.39 is 0 Å². The molecule has 0 aliphatic rings. The van der Waals surface area contributed by atoms with E-state index in [0.717, 1.165) is 27.8 Å². The first-order valence-electron chi connectivity index (χ1n) is 10.0. The zero-order valence-electron chi connectivity index (χ0n) is 17.7. The Balaban J connectivity index is 1.88. The summed E-state index contributed by atoms with van der Waals surface area (Å²) in [5.74, 6) is 10.1. The molecule has 0 atom stereocenters. The largest absolute Gasteiger partial charge is 0.459 e. The second-order valence-corrected chi connectivity index (χ2v) is 7.54. The van der Waals surface area contributed by atoms with Crippen LogP contribution in [0.4, 0.5) is 0 Å². The number of rotatable bonds is 8. The molecule has 7 heteroatoms. The molecule has 1 heterocycles. The van der Waals surface area contributed by atoms with Crippen LogP contribution in [0.5, 0.6) is 0 Å². The average Bonchev–Trinajstić information content (AvgIpc) is 3.12. The van der Waals surface area contributed by atoms with Crippen LogP contribution in [-0.4, -0.2) is 29.1 Å². The molecule has 2 aromatic carbocycles. The number of esters is 1. The molecule has 7 nitrogen and oxygen atoms in total. The van der Waals surface area contributed by atoms with Crippen molar-refractivity contribution in [2.45, 2.75) is 32.9 Å². The molecule has 160 valence electrons. The first kappa shape index (κ1) is 21.8. The Bertz CT molecular complexity index is 1080. The smallest absolute Gasteiger partial charge is 0.340 e. The monoisotopic (exact) mass is 417 g/mol. The van der Waals surface area contributed by atoms with Gasteiger partial charge in [-0.05, 0) is 54.2 Å². The second kappa shape index (κ2) is 10.2. The molecule has 0 radical (unpaired) electrons. The molecule has 1 aromatic heterocycles. The van der Waals surface area contributed by atoms with Crippen molar-refractivity contribution in [1.29, 1.82) is 0 Å². The second-order valence-electron chi connectivity index (χ2n) is 7.54. The first-order valence-corrected chi connectivity index (χ1v) is 10.0. The van der Waals surface area contributed by atoms with E-state index in [-0.39, 0.29) is 12.1 Å². The van der Waals surface area contributed by atoms with Gasteiger partial charge in [-0.3, -0.25) is 0 Å². The van der Waals surface area contributed by atoms with Crippen molar-refractivity contribution in [3.8, 4) is 0 Å². The molecular formula is C24H27N5O2. The Hall–Kier alpha value is -3.87. The number of hydrazone groups is 2. The van der Waals surface area contributed by atoms with E-state index in [0.29, 0.717) is 18.5 Å². The topological polar surface area (TPSA) is 108 Å². The lowest BCUT2D eigenvalue weighted by molar-refractivity contribution is 0.0377. The molecule has 31 heavy (non-hydrogen) atoms. The summed E-state index contributed by atoms with van der Waals surface area (Å²) < 4.78 is 7.47. The van der Waals surface area contributed by atoms with Gasteiger partial charge in [-0.2, -0.15) is 10.2 Å². The zero-order valence-corrected chi connectivity index (χ0v) is 17.7. The number of benzene rings is 2. The first-order chi connectivity index (χ1) is 15.0. The Labute approximate surface area is 182 Å². The van der Waals surface area contributed by atoms with Gasteiger partial charge in [0.25, 0.3) is 0 Å². The highest BCUT2D eigenvalue weighted by Gasteiger charge is 2.18. The maximum atomic E-state index is 12.7. The quantitative estimate of drug-likeness (QED) is 0.254. The molecule has 0 bridgehead atoms. The third kappa shape index (κ3) is 6.05. The van der Waals surface area contributed by atoms with Gasteiger partial charge in [-0.15, -0.1) is 0 Å². The zero-order chi connectivity index (χ0) is 22.2. The summed E-state index contributed by atoms with van der Waals surface area (Å²) in [6, 6.07) is 15.8. The molecule has 0 unspecified atom stereocenters. The fourth-order valence-corrected chi connectivity index (χ4v) is 3.34. The number of hydrogen-bond donors (Lipinski definition) is 2. The lowest BCUT2D eigenvalue weighted by Crippen LogP contribution is -2.12. The number of carbonyl (C=O) groups excluding carboxylic acids is 1. The standard InChI is InChI=1S/C24H27N5O2/c1-17(2)31-24(30)23-16-29(14-19-8-6-18(7-9-19)12-27-25)15-22(23)11-20-4-3-5-21(10-20)13-28-26/h3-10,12-13,15-17H,11,14,25-26H2,1-2H3. The van der Waals surface area contributed by atoms with Crippen molar-refractivity contribution in [1.82, 2.24) is 4.57 Å². The minimum Gasteiger partial charge on any atom is -0.459 e. The van der Waals surface area contributed by atoms with Crippen molar-refractivity contribution >= 4 is 18.4 Å². The fraction of sp³-hybridized carbons (Fsp3) is 0.208. The summed E-state index contributed by atoms with van der Waals surface area (Å²) >= 11 is 0. The third-order valence-electron chi connectivity index (χ3n) is 4.66. The van der Waals surface area contributed by atoms with Crippen molar-refractivity contribution in [3.05, 3.63) is 94.3 Å². The van der Waals surface area contributed by atoms with Gasteiger partial charge in [0.1, 0.15) is 0 Å². The Morgan fingerprint density at radius 3 is 2.39 bits per heavy atom. The van der Waals surface area contributed by atoms with Crippen LogP contribution in [-0.2, 0) is 17.7 Å². The molecule has 0 amide bonds. The van der Waals surface area contributed by atoms with Crippen molar-refractivity contribution in [2.75, 3.05) is 0 Å². The minimum absolute atomic E-state index is 0.190. The highest BCUT2D eigenvalue weighted by atomic mass is 16.5. The Morgan fingerprint density at radius 1 is 1.00 bits per heavy atom. The summed E-state index contributed by atoms with van der Waals surface area (Å²) in [5.41, 5.74) is 5.46. The highest BCUT2D eigenvalue weighted by Crippen LogP contribution is 2.20. The van der Waals surface area contributed by atoms with Gasteiger partial charge in [0.05, 0.1) is 24.1 Å². The summed E-state index contributed by atoms with van der Waals surface area (Å²) in [6.45, 7) is 4.31. The lowest BCUT2D eigenvalue weighted by atomic mass is 10.0. The minimum atomic E-state index is -0.321. The number of carbonyl (C=O) groups is 1. The summed E-state index contributed by atoms with van der Waals surface area (Å²) in [5, 5.41) is 7.12. The van der Waals surface area contributed by atoms with E-state index >= 15 is 0 Å². The van der Waals surface area contributed by atoms with E-state index in [1.807, 2.05) is 79.3 Å². The summed E-state index contributed by atoms with van der Waals surface area (Å²) in [7, 11) is 0. The lowest BCUT2D eigenvalue weighted by Gasteiger charge is -2.08. The maximum absolute atomic E-state index is 12.7. The highest BCUT2D eigenvalue weighted by molar-refractivity contribution is 5.91. The van der Waals surface area contributed by atoms with Gasteiger partial charge in [0.2, 0.25) is 0 Å². The fourth-order valence-electron chi connectivity index (χ4n) is 3.34. The number of hydrogen-bond acceptors (Lipinski definition) is 6. The molecular weight excluding hydrogens is 390 g/mol. The van der Waals surface area contributed by atoms with Crippen molar-refractivity contribution in [3.63, 3.8) is 0 Å². The van der Waals surface area contributed by atoms with E-state index in [1.54, 1.807) is 12.4 Å². The van der Waals surface area contributed by atoms with Crippen LogP contribution in [0, 0.1) is 0 Å². The molecule has 0 spiro atoms. The van der Waals surface area contributed by atoms with Gasteiger partial charge < -0.3 is 21.0 Å². The number of aromatic nitrogens is 1. The van der Waals surface area contributed by atoms with Crippen molar-refractivity contribution < 1.29 is 9.53 Å². The normalized spacial score (nSPS) is 11.6. The predicted octanol–water partition coefficient (Wildman–Crippen LogP) is 3.28. The molecule has 3 aromatic rings. The Kier molecular flexibility index (Phi) is 7.22.